The molecule has 0 spiro atoms. The third-order valence-corrected chi connectivity index (χ3v) is 7.54. The second-order valence-electron chi connectivity index (χ2n) is 10.0. The average Bonchev–Trinajstić information content (AvgIpc) is 2.88. The second-order valence-corrected chi connectivity index (χ2v) is 10.0. The summed E-state index contributed by atoms with van der Waals surface area (Å²) >= 11 is 0. The molecule has 0 unspecified atom stereocenters. The van der Waals surface area contributed by atoms with Gasteiger partial charge in [-0.05, 0) is 69.4 Å². The summed E-state index contributed by atoms with van der Waals surface area (Å²) in [5.41, 5.74) is 6.77. The van der Waals surface area contributed by atoms with Crippen molar-refractivity contribution < 1.29 is 0 Å². The summed E-state index contributed by atoms with van der Waals surface area (Å²) in [5, 5.41) is 3.93. The third-order valence-electron chi connectivity index (χ3n) is 7.54. The second kappa shape index (κ2) is 10.1. The lowest BCUT2D eigenvalue weighted by atomic mass is 9.97. The fourth-order valence-electron chi connectivity index (χ4n) is 5.82. The van der Waals surface area contributed by atoms with Crippen LogP contribution in [0, 0.1) is 20.8 Å². The highest BCUT2D eigenvalue weighted by molar-refractivity contribution is 5.73. The highest BCUT2D eigenvalue weighted by Gasteiger charge is 2.28. The van der Waals surface area contributed by atoms with Gasteiger partial charge in [0.15, 0.2) is 0 Å². The van der Waals surface area contributed by atoms with Gasteiger partial charge in [0.1, 0.15) is 11.6 Å². The number of aryl methyl sites for hydroxylation is 2. The zero-order valence-electron chi connectivity index (χ0n) is 21.4. The van der Waals surface area contributed by atoms with Crippen LogP contribution in [0.25, 0.3) is 0 Å². The molecule has 2 aliphatic rings. The minimum absolute atomic E-state index is 0.403. The van der Waals surface area contributed by atoms with E-state index in [1.807, 2.05) is 18.5 Å². The van der Waals surface area contributed by atoms with Gasteiger partial charge in [-0.1, -0.05) is 12.1 Å². The lowest BCUT2D eigenvalue weighted by Gasteiger charge is -2.43. The number of aromatic nitrogens is 3. The number of anilines is 4. The first-order valence-corrected chi connectivity index (χ1v) is 12.8. The molecule has 0 radical (unpaired) electrons. The van der Waals surface area contributed by atoms with Crippen LogP contribution < -0.4 is 20.0 Å². The van der Waals surface area contributed by atoms with Crippen LogP contribution in [-0.4, -0.2) is 59.8 Å². The SMILES string of the molecule is Cc1cc(C)c(N2CCN(c3ccccn3)[C@@H](C)C2)c(C)c1NC1CCN(c2cnccn2)CC1. The quantitative estimate of drug-likeness (QED) is 0.584. The van der Waals surface area contributed by atoms with Gasteiger partial charge >= 0.3 is 0 Å². The summed E-state index contributed by atoms with van der Waals surface area (Å²) in [6.45, 7) is 14.1. The molecule has 0 amide bonds. The Kier molecular flexibility index (Phi) is 6.75. The molecule has 2 aliphatic heterocycles. The molecule has 7 nitrogen and oxygen atoms in total. The van der Waals surface area contributed by atoms with Crippen LogP contribution in [0.2, 0.25) is 0 Å². The van der Waals surface area contributed by atoms with E-state index in [-0.39, 0.29) is 0 Å². The van der Waals surface area contributed by atoms with Crippen molar-refractivity contribution >= 4 is 23.0 Å². The molecule has 4 heterocycles. The number of nitrogens with one attached hydrogen (secondary N) is 1. The van der Waals surface area contributed by atoms with E-state index in [1.165, 1.54) is 28.1 Å². The number of hydrogen-bond acceptors (Lipinski definition) is 7. The molecule has 35 heavy (non-hydrogen) atoms. The first kappa shape index (κ1) is 23.4. The minimum atomic E-state index is 0.403. The Bertz CT molecular complexity index is 1130. The normalized spacial score (nSPS) is 19.2. The van der Waals surface area contributed by atoms with Gasteiger partial charge in [0.2, 0.25) is 0 Å². The van der Waals surface area contributed by atoms with E-state index in [0.29, 0.717) is 12.1 Å². The van der Waals surface area contributed by atoms with E-state index in [4.69, 9.17) is 0 Å². The maximum atomic E-state index is 4.59. The van der Waals surface area contributed by atoms with E-state index >= 15 is 0 Å². The lowest BCUT2D eigenvalue weighted by Crippen LogP contribution is -2.52. The fraction of sp³-hybridized carbons (Fsp3) is 0.464. The monoisotopic (exact) mass is 471 g/mol. The molecule has 5 rings (SSSR count). The van der Waals surface area contributed by atoms with Gasteiger partial charge < -0.3 is 20.0 Å². The molecule has 0 bridgehead atoms. The highest BCUT2D eigenvalue weighted by Crippen LogP contribution is 2.36. The Labute approximate surface area is 209 Å². The topological polar surface area (TPSA) is 60.4 Å². The lowest BCUT2D eigenvalue weighted by molar-refractivity contribution is 0.522. The number of piperazine rings is 1. The number of pyridine rings is 1. The van der Waals surface area contributed by atoms with Gasteiger partial charge in [-0.15, -0.1) is 0 Å². The molecule has 0 aliphatic carbocycles. The van der Waals surface area contributed by atoms with E-state index < -0.39 is 0 Å². The number of rotatable bonds is 5. The molecule has 0 saturated carbocycles. The Morgan fingerprint density at radius 3 is 2.34 bits per heavy atom. The molecule has 1 aromatic carbocycles. The number of piperidine rings is 1. The summed E-state index contributed by atoms with van der Waals surface area (Å²) in [5.74, 6) is 2.06. The Morgan fingerprint density at radius 2 is 1.66 bits per heavy atom. The fourth-order valence-corrected chi connectivity index (χ4v) is 5.82. The van der Waals surface area contributed by atoms with E-state index in [1.54, 1.807) is 12.4 Å². The van der Waals surface area contributed by atoms with Gasteiger partial charge in [-0.2, -0.15) is 0 Å². The molecule has 1 N–H and O–H groups in total. The molecule has 1 atom stereocenters. The highest BCUT2D eigenvalue weighted by atomic mass is 15.3. The van der Waals surface area contributed by atoms with Crippen LogP contribution in [0.15, 0.2) is 49.1 Å². The van der Waals surface area contributed by atoms with Gasteiger partial charge in [0.05, 0.1) is 6.20 Å². The zero-order chi connectivity index (χ0) is 24.4. The van der Waals surface area contributed by atoms with Crippen LogP contribution in [0.1, 0.15) is 36.5 Å². The molecular formula is C28H37N7. The number of hydrogen-bond donors (Lipinski definition) is 1. The first-order valence-electron chi connectivity index (χ1n) is 12.8. The number of nitrogens with zero attached hydrogens (tertiary/aromatic N) is 6. The van der Waals surface area contributed by atoms with E-state index in [2.05, 4.69) is 80.9 Å². The average molecular weight is 472 g/mol. The van der Waals surface area contributed by atoms with Crippen molar-refractivity contribution in [2.24, 2.45) is 0 Å². The van der Waals surface area contributed by atoms with Crippen molar-refractivity contribution in [2.45, 2.75) is 52.6 Å². The van der Waals surface area contributed by atoms with Crippen molar-refractivity contribution in [2.75, 3.05) is 52.7 Å². The standard InChI is InChI=1S/C28H37N7/c1-20-17-21(2)28(34-15-16-35(22(3)19-34)25-7-5-6-10-30-25)23(4)27(20)32-24-8-13-33(14-9-24)26-18-29-11-12-31-26/h5-7,10-12,17-18,22,24,32H,8-9,13-16,19H2,1-4H3/t22-/m0/s1. The van der Waals surface area contributed by atoms with E-state index in [0.717, 1.165) is 57.2 Å². The maximum absolute atomic E-state index is 4.59. The van der Waals surface area contributed by atoms with Crippen molar-refractivity contribution in [3.63, 3.8) is 0 Å². The molecule has 2 saturated heterocycles. The van der Waals surface area contributed by atoms with Gasteiger partial charge in [0.25, 0.3) is 0 Å². The molecular weight excluding hydrogens is 434 g/mol. The van der Waals surface area contributed by atoms with Crippen molar-refractivity contribution in [1.82, 2.24) is 15.0 Å². The van der Waals surface area contributed by atoms with Crippen LogP contribution in [0.3, 0.4) is 0 Å². The predicted octanol–water partition coefficient (Wildman–Crippen LogP) is 4.59. The van der Waals surface area contributed by atoms with E-state index in [9.17, 15) is 0 Å². The summed E-state index contributed by atoms with van der Waals surface area (Å²) in [6.07, 6.45) is 9.45. The summed E-state index contributed by atoms with van der Waals surface area (Å²) < 4.78 is 0. The van der Waals surface area contributed by atoms with Crippen LogP contribution in [0.4, 0.5) is 23.0 Å². The number of benzene rings is 1. The van der Waals surface area contributed by atoms with Crippen molar-refractivity contribution in [1.29, 1.82) is 0 Å². The van der Waals surface area contributed by atoms with Gasteiger partial charge in [-0.3, -0.25) is 4.98 Å². The Balaban J connectivity index is 1.29. The molecule has 7 heteroatoms. The van der Waals surface area contributed by atoms with Gasteiger partial charge in [0, 0.05) is 74.8 Å². The molecule has 2 fully saturated rings. The molecule has 3 aromatic rings. The first-order chi connectivity index (χ1) is 17.0. The molecule has 2 aromatic heterocycles. The molecule has 184 valence electrons. The third kappa shape index (κ3) is 4.90. The van der Waals surface area contributed by atoms with Gasteiger partial charge in [-0.25, -0.2) is 9.97 Å². The Morgan fingerprint density at radius 1 is 0.857 bits per heavy atom. The maximum Gasteiger partial charge on any atom is 0.147 e. The van der Waals surface area contributed by atoms with Crippen LogP contribution in [0.5, 0.6) is 0 Å². The largest absolute Gasteiger partial charge is 0.382 e. The van der Waals surface area contributed by atoms with Crippen LogP contribution >= 0.6 is 0 Å². The minimum Gasteiger partial charge on any atom is -0.382 e. The van der Waals surface area contributed by atoms with Crippen LogP contribution in [-0.2, 0) is 0 Å². The van der Waals surface area contributed by atoms with Crippen molar-refractivity contribution in [3.8, 4) is 0 Å². The summed E-state index contributed by atoms with van der Waals surface area (Å²) in [6, 6.07) is 9.40. The summed E-state index contributed by atoms with van der Waals surface area (Å²) in [7, 11) is 0. The smallest absolute Gasteiger partial charge is 0.147 e. The Hall–Kier alpha value is -3.35. The zero-order valence-corrected chi connectivity index (χ0v) is 21.4. The van der Waals surface area contributed by atoms with Crippen molar-refractivity contribution in [3.05, 3.63) is 65.7 Å². The predicted molar refractivity (Wildman–Crippen MR) is 145 cm³/mol. The summed E-state index contributed by atoms with van der Waals surface area (Å²) in [4.78, 5) is 20.6.